The predicted octanol–water partition coefficient (Wildman–Crippen LogP) is 2.91. The molecule has 4 rings (SSSR count). The first-order valence-corrected chi connectivity index (χ1v) is 7.72. The average molecular weight is 351 g/mol. The van der Waals surface area contributed by atoms with Gasteiger partial charge in [0.1, 0.15) is 6.26 Å². The predicted molar refractivity (Wildman–Crippen MR) is 91.4 cm³/mol. The van der Waals surface area contributed by atoms with E-state index in [1.807, 2.05) is 0 Å². The van der Waals surface area contributed by atoms with Crippen molar-refractivity contribution in [3.8, 4) is 11.5 Å². The fourth-order valence-corrected chi connectivity index (χ4v) is 2.36. The first kappa shape index (κ1) is 15.7. The van der Waals surface area contributed by atoms with Crippen LogP contribution in [0.2, 0.25) is 0 Å². The lowest BCUT2D eigenvalue weighted by Crippen LogP contribution is -2.14. The molecule has 130 valence electrons. The van der Waals surface area contributed by atoms with Gasteiger partial charge in [0.2, 0.25) is 6.79 Å². The van der Waals surface area contributed by atoms with Crippen LogP contribution in [0.1, 0.15) is 20.8 Å². The van der Waals surface area contributed by atoms with E-state index in [0.29, 0.717) is 22.7 Å². The molecule has 0 atom stereocenters. The molecule has 0 spiro atoms. The van der Waals surface area contributed by atoms with Crippen molar-refractivity contribution in [1.29, 1.82) is 0 Å². The lowest BCUT2D eigenvalue weighted by atomic mass is 10.2. The van der Waals surface area contributed by atoms with Gasteiger partial charge in [-0.15, -0.1) is 0 Å². The Bertz CT molecular complexity index is 968. The van der Waals surface area contributed by atoms with Gasteiger partial charge >= 0.3 is 6.01 Å². The summed E-state index contributed by atoms with van der Waals surface area (Å²) in [5, 5.41) is 5.17. The van der Waals surface area contributed by atoms with Gasteiger partial charge in [-0.05, 0) is 24.3 Å². The summed E-state index contributed by atoms with van der Waals surface area (Å²) in [6.45, 7) is 0.153. The van der Waals surface area contributed by atoms with Crippen LogP contribution in [0.15, 0.2) is 59.2 Å². The van der Waals surface area contributed by atoms with E-state index in [0.717, 1.165) is 0 Å². The molecule has 0 saturated carbocycles. The number of carbonyl (C=O) groups excluding carboxylic acids is 2. The summed E-state index contributed by atoms with van der Waals surface area (Å²) >= 11 is 0. The lowest BCUT2D eigenvalue weighted by molar-refractivity contribution is 0.101. The van der Waals surface area contributed by atoms with Crippen molar-refractivity contribution in [2.24, 2.45) is 0 Å². The second-order valence-corrected chi connectivity index (χ2v) is 5.38. The molecule has 1 aromatic heterocycles. The van der Waals surface area contributed by atoms with E-state index < -0.39 is 5.91 Å². The number of aromatic nitrogens is 1. The Morgan fingerprint density at radius 3 is 2.58 bits per heavy atom. The average Bonchev–Trinajstić information content (AvgIpc) is 3.31. The number of hydrogen-bond donors (Lipinski definition) is 2. The highest BCUT2D eigenvalue weighted by Gasteiger charge is 2.17. The summed E-state index contributed by atoms with van der Waals surface area (Å²) in [5.74, 6) is 0.317. The zero-order valence-electron chi connectivity index (χ0n) is 13.4. The Morgan fingerprint density at radius 1 is 0.923 bits per heavy atom. The second kappa shape index (κ2) is 6.60. The largest absolute Gasteiger partial charge is 0.454 e. The van der Waals surface area contributed by atoms with Crippen LogP contribution < -0.4 is 20.1 Å². The van der Waals surface area contributed by atoms with Gasteiger partial charge in [-0.2, -0.15) is 4.98 Å². The summed E-state index contributed by atoms with van der Waals surface area (Å²) < 4.78 is 15.6. The molecular weight excluding hydrogens is 338 g/mol. The number of anilines is 2. The van der Waals surface area contributed by atoms with Crippen molar-refractivity contribution < 1.29 is 23.5 Å². The normalized spacial score (nSPS) is 11.8. The molecule has 0 aliphatic carbocycles. The fourth-order valence-electron chi connectivity index (χ4n) is 2.36. The van der Waals surface area contributed by atoms with Crippen LogP contribution in [0, 0.1) is 0 Å². The maximum Gasteiger partial charge on any atom is 0.302 e. The van der Waals surface area contributed by atoms with E-state index in [9.17, 15) is 9.59 Å². The smallest absolute Gasteiger partial charge is 0.302 e. The summed E-state index contributed by atoms with van der Waals surface area (Å²) in [6, 6.07) is 13.6. The van der Waals surface area contributed by atoms with Crippen molar-refractivity contribution >= 4 is 23.5 Å². The van der Waals surface area contributed by atoms with Gasteiger partial charge in [0.15, 0.2) is 17.2 Å². The molecule has 0 unspecified atom stereocenters. The zero-order valence-corrected chi connectivity index (χ0v) is 13.4. The minimum atomic E-state index is -0.479. The number of nitrogens with zero attached hydrogens (tertiary/aromatic N) is 1. The minimum absolute atomic E-state index is 0.0334. The van der Waals surface area contributed by atoms with Crippen molar-refractivity contribution in [1.82, 2.24) is 4.98 Å². The molecule has 26 heavy (non-hydrogen) atoms. The Kier molecular flexibility index (Phi) is 3.98. The number of hydrogen-bond acceptors (Lipinski definition) is 6. The molecule has 1 aliphatic heterocycles. The van der Waals surface area contributed by atoms with Crippen LogP contribution in [0.5, 0.6) is 11.5 Å². The number of amides is 2. The molecular formula is C18H13N3O5. The van der Waals surface area contributed by atoms with Crippen LogP contribution in [-0.2, 0) is 0 Å². The highest BCUT2D eigenvalue weighted by molar-refractivity contribution is 6.05. The first-order valence-electron chi connectivity index (χ1n) is 7.72. The molecule has 1 aliphatic rings. The van der Waals surface area contributed by atoms with Gasteiger partial charge in [-0.1, -0.05) is 18.2 Å². The SMILES string of the molecule is O=C(Nc1nc(C(=O)Nc2ccc3c(c2)OCO3)co1)c1ccccc1. The monoisotopic (exact) mass is 351 g/mol. The first-order chi connectivity index (χ1) is 12.7. The van der Waals surface area contributed by atoms with Gasteiger partial charge < -0.3 is 19.2 Å². The van der Waals surface area contributed by atoms with Crippen LogP contribution in [0.25, 0.3) is 0 Å². The number of ether oxygens (including phenoxy) is 2. The third-order valence-electron chi connectivity index (χ3n) is 3.62. The maximum atomic E-state index is 12.3. The summed E-state index contributed by atoms with van der Waals surface area (Å²) in [6.07, 6.45) is 1.17. The minimum Gasteiger partial charge on any atom is -0.454 e. The molecule has 2 aromatic carbocycles. The molecule has 0 bridgehead atoms. The maximum absolute atomic E-state index is 12.3. The zero-order chi connectivity index (χ0) is 17.9. The molecule has 3 aromatic rings. The summed E-state index contributed by atoms with van der Waals surface area (Å²) in [7, 11) is 0. The van der Waals surface area contributed by atoms with Crippen LogP contribution >= 0.6 is 0 Å². The van der Waals surface area contributed by atoms with Crippen LogP contribution in [0.4, 0.5) is 11.7 Å². The van der Waals surface area contributed by atoms with Crippen molar-refractivity contribution in [2.45, 2.75) is 0 Å². The van der Waals surface area contributed by atoms with Crippen molar-refractivity contribution in [3.05, 3.63) is 66.1 Å². The number of oxazole rings is 1. The molecule has 0 fully saturated rings. The third-order valence-corrected chi connectivity index (χ3v) is 3.62. The molecule has 8 nitrogen and oxygen atoms in total. The Hall–Kier alpha value is -3.81. The van der Waals surface area contributed by atoms with Gasteiger partial charge in [0, 0.05) is 17.3 Å². The van der Waals surface area contributed by atoms with E-state index in [-0.39, 0.29) is 24.4 Å². The standard InChI is InChI=1S/C18H13N3O5/c22-16(11-4-2-1-3-5-11)21-18-20-13(9-24-18)17(23)19-12-6-7-14-15(8-12)26-10-25-14/h1-9H,10H2,(H,19,23)(H,20,21,22). The molecule has 8 heteroatoms. The lowest BCUT2D eigenvalue weighted by Gasteiger charge is -2.04. The van der Waals surface area contributed by atoms with E-state index in [1.165, 1.54) is 6.26 Å². The molecule has 0 radical (unpaired) electrons. The molecule has 2 N–H and O–H groups in total. The topological polar surface area (TPSA) is 103 Å². The van der Waals surface area contributed by atoms with Crippen molar-refractivity contribution in [2.75, 3.05) is 17.4 Å². The molecule has 2 heterocycles. The Balaban J connectivity index is 1.42. The fraction of sp³-hybridized carbons (Fsp3) is 0.0556. The number of benzene rings is 2. The van der Waals surface area contributed by atoms with Crippen LogP contribution in [0.3, 0.4) is 0 Å². The number of nitrogens with one attached hydrogen (secondary N) is 2. The van der Waals surface area contributed by atoms with E-state index in [4.69, 9.17) is 13.9 Å². The molecule has 2 amide bonds. The summed E-state index contributed by atoms with van der Waals surface area (Å²) in [4.78, 5) is 28.3. The van der Waals surface area contributed by atoms with Gasteiger partial charge in [-0.3, -0.25) is 14.9 Å². The second-order valence-electron chi connectivity index (χ2n) is 5.38. The third kappa shape index (κ3) is 3.20. The van der Waals surface area contributed by atoms with E-state index >= 15 is 0 Å². The highest BCUT2D eigenvalue weighted by Crippen LogP contribution is 2.34. The Labute approximate surface area is 147 Å². The van der Waals surface area contributed by atoms with E-state index in [2.05, 4.69) is 15.6 Å². The highest BCUT2D eigenvalue weighted by atomic mass is 16.7. The van der Waals surface area contributed by atoms with Gasteiger partial charge in [0.05, 0.1) is 0 Å². The summed E-state index contributed by atoms with van der Waals surface area (Å²) in [5.41, 5.74) is 1.01. The molecule has 0 saturated heterocycles. The number of fused-ring (bicyclic) bond motifs is 1. The van der Waals surface area contributed by atoms with Crippen LogP contribution in [-0.4, -0.2) is 23.6 Å². The van der Waals surface area contributed by atoms with Gasteiger partial charge in [-0.25, -0.2) is 0 Å². The Morgan fingerprint density at radius 2 is 1.73 bits per heavy atom. The number of rotatable bonds is 4. The van der Waals surface area contributed by atoms with E-state index in [1.54, 1.807) is 48.5 Å². The van der Waals surface area contributed by atoms with Crippen molar-refractivity contribution in [3.63, 3.8) is 0 Å². The number of carbonyl (C=O) groups is 2. The quantitative estimate of drug-likeness (QED) is 0.749. The van der Waals surface area contributed by atoms with Gasteiger partial charge in [0.25, 0.3) is 11.8 Å².